The minimum atomic E-state index is -3.55. The number of aryl methyl sites for hydroxylation is 1. The summed E-state index contributed by atoms with van der Waals surface area (Å²) < 4.78 is 29.4. The predicted molar refractivity (Wildman–Crippen MR) is 130 cm³/mol. The number of sulfonamides is 1. The van der Waals surface area contributed by atoms with Gasteiger partial charge in [-0.1, -0.05) is 25.4 Å². The summed E-state index contributed by atoms with van der Waals surface area (Å²) in [6.07, 6.45) is 2.01. The van der Waals surface area contributed by atoms with Gasteiger partial charge in [-0.15, -0.1) is 35.3 Å². The van der Waals surface area contributed by atoms with Crippen LogP contribution in [0.2, 0.25) is 4.34 Å². The first-order valence-electron chi connectivity index (χ1n) is 8.83. The molecule has 0 saturated carbocycles. The molecular formula is C17H28ClIN6O2S2. The lowest BCUT2D eigenvalue weighted by atomic mass is 10.1. The van der Waals surface area contributed by atoms with Crippen molar-refractivity contribution in [1.82, 2.24) is 24.7 Å². The summed E-state index contributed by atoms with van der Waals surface area (Å²) in [4.78, 5) is 6.26. The smallest absolute Gasteiger partial charge is 0.250 e. The van der Waals surface area contributed by atoms with Crippen molar-refractivity contribution in [3.05, 3.63) is 33.9 Å². The van der Waals surface area contributed by atoms with Gasteiger partial charge in [-0.3, -0.25) is 9.67 Å². The van der Waals surface area contributed by atoms with Crippen LogP contribution in [0.1, 0.15) is 31.0 Å². The average molecular weight is 575 g/mol. The molecule has 164 valence electrons. The number of nitrogens with zero attached hydrogens (tertiary/aromatic N) is 4. The molecule has 29 heavy (non-hydrogen) atoms. The Morgan fingerprint density at radius 3 is 2.62 bits per heavy atom. The van der Waals surface area contributed by atoms with Gasteiger partial charge in [0.15, 0.2) is 5.96 Å². The Bertz CT molecular complexity index is 926. The fourth-order valence-electron chi connectivity index (χ4n) is 2.75. The summed E-state index contributed by atoms with van der Waals surface area (Å²) in [7, 11) is 2.00. The minimum absolute atomic E-state index is 0. The third-order valence-electron chi connectivity index (χ3n) is 3.98. The Morgan fingerprint density at radius 2 is 2.07 bits per heavy atom. The van der Waals surface area contributed by atoms with Crippen LogP contribution in [0.3, 0.4) is 0 Å². The molecule has 0 spiro atoms. The monoisotopic (exact) mass is 574 g/mol. The molecule has 0 bridgehead atoms. The van der Waals surface area contributed by atoms with Crippen molar-refractivity contribution >= 4 is 62.9 Å². The lowest BCUT2D eigenvalue weighted by Crippen LogP contribution is -2.42. The molecule has 8 nitrogen and oxygen atoms in total. The molecule has 2 aromatic rings. The zero-order valence-corrected chi connectivity index (χ0v) is 21.9. The fourth-order valence-corrected chi connectivity index (χ4v) is 5.31. The molecule has 0 amide bonds. The maximum Gasteiger partial charge on any atom is 0.250 e. The Balaban J connectivity index is 0.00000420. The van der Waals surface area contributed by atoms with Crippen molar-refractivity contribution in [2.24, 2.45) is 12.0 Å². The second-order valence-electron chi connectivity index (χ2n) is 6.65. The molecule has 2 N–H and O–H groups in total. The maximum absolute atomic E-state index is 12.2. The average Bonchev–Trinajstić information content (AvgIpc) is 3.21. The van der Waals surface area contributed by atoms with Gasteiger partial charge in [0.25, 0.3) is 0 Å². The molecule has 12 heteroatoms. The third-order valence-corrected chi connectivity index (χ3v) is 7.16. The van der Waals surface area contributed by atoms with E-state index < -0.39 is 10.0 Å². The van der Waals surface area contributed by atoms with Gasteiger partial charge in [0.05, 0.1) is 10.0 Å². The van der Waals surface area contributed by atoms with Crippen molar-refractivity contribution in [2.45, 2.75) is 30.5 Å². The van der Waals surface area contributed by atoms with E-state index in [-0.39, 0.29) is 34.7 Å². The first-order valence-corrected chi connectivity index (χ1v) is 11.5. The zero-order valence-electron chi connectivity index (χ0n) is 17.1. The summed E-state index contributed by atoms with van der Waals surface area (Å²) in [5, 5.41) is 7.70. The van der Waals surface area contributed by atoms with Crippen molar-refractivity contribution < 1.29 is 8.42 Å². The quantitative estimate of drug-likeness (QED) is 0.219. The molecule has 0 aliphatic carbocycles. The number of rotatable bonds is 8. The van der Waals surface area contributed by atoms with Crippen molar-refractivity contribution in [2.75, 3.05) is 27.2 Å². The van der Waals surface area contributed by atoms with E-state index in [1.165, 1.54) is 6.07 Å². The van der Waals surface area contributed by atoms with Crippen LogP contribution in [0.15, 0.2) is 27.5 Å². The van der Waals surface area contributed by atoms with Gasteiger partial charge in [0, 0.05) is 52.5 Å². The molecule has 0 radical (unpaired) electrons. The van der Waals surface area contributed by atoms with E-state index >= 15 is 0 Å². The fraction of sp³-hybridized carbons (Fsp3) is 0.529. The highest BCUT2D eigenvalue weighted by molar-refractivity contribution is 14.0. The molecule has 0 aromatic carbocycles. The van der Waals surface area contributed by atoms with E-state index in [0.717, 1.165) is 22.6 Å². The number of aromatic nitrogens is 2. The molecule has 2 aromatic heterocycles. The van der Waals surface area contributed by atoms with E-state index in [1.54, 1.807) is 13.1 Å². The van der Waals surface area contributed by atoms with Crippen molar-refractivity contribution in [3.63, 3.8) is 0 Å². The minimum Gasteiger partial charge on any atom is -0.355 e. The zero-order chi connectivity index (χ0) is 20.9. The summed E-state index contributed by atoms with van der Waals surface area (Å²) in [6.45, 7) is 5.52. The second-order valence-corrected chi connectivity index (χ2v) is 10.4. The van der Waals surface area contributed by atoms with Gasteiger partial charge in [-0.05, 0) is 18.1 Å². The molecule has 0 unspecified atom stereocenters. The Kier molecular flexibility index (Phi) is 10.4. The van der Waals surface area contributed by atoms with Crippen LogP contribution < -0.4 is 10.0 Å². The van der Waals surface area contributed by atoms with Crippen LogP contribution >= 0.6 is 46.9 Å². The predicted octanol–water partition coefficient (Wildman–Crippen LogP) is 2.86. The summed E-state index contributed by atoms with van der Waals surface area (Å²) >= 11 is 6.84. The van der Waals surface area contributed by atoms with Gasteiger partial charge < -0.3 is 10.2 Å². The molecule has 0 saturated heterocycles. The highest BCUT2D eigenvalue weighted by Crippen LogP contribution is 2.25. The molecule has 0 aliphatic rings. The number of hydrogen-bond acceptors (Lipinski definition) is 5. The molecule has 0 atom stereocenters. The summed E-state index contributed by atoms with van der Waals surface area (Å²) in [6, 6.07) is 3.06. The number of nitrogens with one attached hydrogen (secondary N) is 2. The van der Waals surface area contributed by atoms with Crippen LogP contribution in [-0.2, 0) is 23.6 Å². The molecular weight excluding hydrogens is 547 g/mol. The normalized spacial score (nSPS) is 12.2. The topological polar surface area (TPSA) is 91.6 Å². The van der Waals surface area contributed by atoms with E-state index in [2.05, 4.69) is 34.0 Å². The largest absolute Gasteiger partial charge is 0.355 e. The van der Waals surface area contributed by atoms with E-state index in [4.69, 9.17) is 11.6 Å². The number of guanidine groups is 1. The van der Waals surface area contributed by atoms with Gasteiger partial charge in [0.2, 0.25) is 10.0 Å². The lowest BCUT2D eigenvalue weighted by Gasteiger charge is -2.22. The first-order chi connectivity index (χ1) is 13.1. The van der Waals surface area contributed by atoms with E-state index in [1.807, 2.05) is 29.9 Å². The number of halogens is 2. The van der Waals surface area contributed by atoms with Crippen molar-refractivity contribution in [3.8, 4) is 0 Å². The Morgan fingerprint density at radius 1 is 1.38 bits per heavy atom. The van der Waals surface area contributed by atoms with Gasteiger partial charge in [-0.25, -0.2) is 13.1 Å². The van der Waals surface area contributed by atoms with Gasteiger partial charge in [0.1, 0.15) is 4.21 Å². The second kappa shape index (κ2) is 11.5. The third kappa shape index (κ3) is 7.39. The van der Waals surface area contributed by atoms with Crippen LogP contribution in [0.5, 0.6) is 0 Å². The number of aliphatic imine (C=N–C) groups is 1. The molecule has 0 aliphatic heterocycles. The first kappa shape index (κ1) is 26.1. The van der Waals surface area contributed by atoms with E-state index in [0.29, 0.717) is 29.3 Å². The Hall–Kier alpha value is -0.890. The molecule has 2 heterocycles. The number of thiophene rings is 1. The SMILES string of the molecule is CN=C(NCCNS(=O)(=O)c1ccc(Cl)s1)N(C)Cc1cn(C)nc1C(C)C.I. The standard InChI is InChI=1S/C17H27ClN6O2S2.HI/c1-12(2)16-13(11-24(5)22-16)10-23(4)17(19-3)20-8-9-21-28(25,26)15-7-6-14(18)27-15;/h6-7,11-12,21H,8-10H2,1-5H3,(H,19,20);1H. The van der Waals surface area contributed by atoms with Crippen LogP contribution in [0.4, 0.5) is 0 Å². The highest BCUT2D eigenvalue weighted by atomic mass is 127. The van der Waals surface area contributed by atoms with Crippen LogP contribution in [0.25, 0.3) is 0 Å². The summed E-state index contributed by atoms with van der Waals surface area (Å²) in [5.74, 6) is 1.01. The van der Waals surface area contributed by atoms with Gasteiger partial charge in [-0.2, -0.15) is 5.10 Å². The maximum atomic E-state index is 12.2. The van der Waals surface area contributed by atoms with Crippen LogP contribution in [-0.4, -0.2) is 56.2 Å². The van der Waals surface area contributed by atoms with Crippen molar-refractivity contribution in [1.29, 1.82) is 0 Å². The van der Waals surface area contributed by atoms with Gasteiger partial charge >= 0.3 is 0 Å². The van der Waals surface area contributed by atoms with E-state index in [9.17, 15) is 8.42 Å². The highest BCUT2D eigenvalue weighted by Gasteiger charge is 2.17. The van der Waals surface area contributed by atoms with Crippen LogP contribution in [0, 0.1) is 0 Å². The molecule has 0 fully saturated rings. The number of hydrogen-bond donors (Lipinski definition) is 2. The lowest BCUT2D eigenvalue weighted by molar-refractivity contribution is 0.473. The molecule has 2 rings (SSSR count). The Labute approximate surface area is 198 Å². The summed E-state index contributed by atoms with van der Waals surface area (Å²) in [5.41, 5.74) is 2.20.